The molecule has 0 saturated heterocycles. The van der Waals surface area contributed by atoms with Crippen LogP contribution in [0.15, 0.2) is 142 Å². The first-order valence-corrected chi connectivity index (χ1v) is 23.3. The molecule has 4 nitrogen and oxygen atoms in total. The van der Waals surface area contributed by atoms with Gasteiger partial charge in [0.1, 0.15) is 22.3 Å². The topological polar surface area (TPSA) is 34.5 Å². The summed E-state index contributed by atoms with van der Waals surface area (Å²) in [6.07, 6.45) is 0. The molecule has 0 spiro atoms. The van der Waals surface area contributed by atoms with Gasteiger partial charge >= 0.3 is 6.85 Å². The number of rotatable bonds is 1. The number of furan rings is 2. The number of anilines is 2. The van der Waals surface area contributed by atoms with E-state index in [2.05, 4.69) is 205 Å². The van der Waals surface area contributed by atoms with Crippen molar-refractivity contribution in [1.82, 2.24) is 4.57 Å². The van der Waals surface area contributed by atoms with Crippen molar-refractivity contribution in [3.63, 3.8) is 0 Å². The fourth-order valence-corrected chi connectivity index (χ4v) is 12.2. The SMILES string of the molecule is Cc1cc2c3c4c1c1cc5c(cc1n4-c1cc4oc6ccccc6c4cc1B3N(c1ccc(C(C)(C)C)cc1)c1cc3c(cc1-2)-c1cc(C(C)(C)C)ccc1C3(C)C)oc1ccccc15. The summed E-state index contributed by atoms with van der Waals surface area (Å²) in [7, 11) is 0. The lowest BCUT2D eigenvalue weighted by Gasteiger charge is -2.43. The van der Waals surface area contributed by atoms with Gasteiger partial charge in [0.25, 0.3) is 0 Å². The minimum Gasteiger partial charge on any atom is -0.456 e. The van der Waals surface area contributed by atoms with Crippen molar-refractivity contribution in [2.24, 2.45) is 0 Å². The standard InChI is InChI=1S/C60H49BN2O2/c1-32-24-43-40-26-39-38-25-34(59(5,6)7)20-23-45(38)60(8,9)46(39)29-49(40)63(35-21-18-33(19-22-35)58(2,3)4)61-47-28-42-37-15-11-13-17-52(37)65-54(42)31-50(47)62-48-30-53-41(36-14-10-12-16-51(36)64-53)27-44(48)55(32)57(62)56(43)61/h10-31H,1-9H3. The second-order valence-corrected chi connectivity index (χ2v) is 21.8. The predicted octanol–water partition coefficient (Wildman–Crippen LogP) is 15.0. The van der Waals surface area contributed by atoms with E-state index in [-0.39, 0.29) is 23.1 Å². The number of fused-ring (bicyclic) bond motifs is 17. The average molecular weight is 841 g/mol. The van der Waals surface area contributed by atoms with Crippen molar-refractivity contribution in [3.05, 3.63) is 161 Å². The molecule has 0 atom stereocenters. The number of benzene rings is 8. The van der Waals surface area contributed by atoms with E-state index in [4.69, 9.17) is 8.83 Å². The Balaban J connectivity index is 1.16. The largest absolute Gasteiger partial charge is 0.456 e. The summed E-state index contributed by atoms with van der Waals surface area (Å²) < 4.78 is 15.9. The van der Waals surface area contributed by atoms with Crippen LogP contribution in [-0.2, 0) is 16.2 Å². The molecule has 0 amide bonds. The molecule has 0 saturated carbocycles. The molecule has 11 aromatic rings. The van der Waals surface area contributed by atoms with Gasteiger partial charge in [0, 0.05) is 72.5 Å². The number of aryl methyl sites for hydroxylation is 1. The molecule has 14 rings (SSSR count). The maximum atomic E-state index is 6.73. The lowest BCUT2D eigenvalue weighted by atomic mass is 9.43. The Labute approximate surface area is 379 Å². The van der Waals surface area contributed by atoms with Crippen molar-refractivity contribution in [2.75, 3.05) is 4.81 Å². The highest BCUT2D eigenvalue weighted by Gasteiger charge is 2.47. The predicted molar refractivity (Wildman–Crippen MR) is 274 cm³/mol. The van der Waals surface area contributed by atoms with E-state index in [9.17, 15) is 0 Å². The highest BCUT2D eigenvalue weighted by Crippen LogP contribution is 2.55. The molecule has 0 bridgehead atoms. The van der Waals surface area contributed by atoms with Crippen LogP contribution in [0.25, 0.3) is 93.6 Å². The van der Waals surface area contributed by atoms with Crippen LogP contribution in [0.1, 0.15) is 83.2 Å². The van der Waals surface area contributed by atoms with Crippen LogP contribution in [0.5, 0.6) is 0 Å². The van der Waals surface area contributed by atoms with Gasteiger partial charge in [-0.25, -0.2) is 0 Å². The Bertz CT molecular complexity index is 3950. The zero-order chi connectivity index (χ0) is 44.2. The summed E-state index contributed by atoms with van der Waals surface area (Å²) >= 11 is 0. The van der Waals surface area contributed by atoms with Gasteiger partial charge in [0.2, 0.25) is 0 Å². The maximum Gasteiger partial charge on any atom is 0.333 e. The Morgan fingerprint density at radius 2 is 1.14 bits per heavy atom. The zero-order valence-corrected chi connectivity index (χ0v) is 38.5. The molecule has 3 aromatic heterocycles. The van der Waals surface area contributed by atoms with Gasteiger partial charge in [-0.1, -0.05) is 134 Å². The summed E-state index contributed by atoms with van der Waals surface area (Å²) in [6, 6.07) is 50.7. The molecular weight excluding hydrogens is 791 g/mol. The van der Waals surface area contributed by atoms with E-state index in [0.29, 0.717) is 0 Å². The fraction of sp³-hybridized carbons (Fsp3) is 0.200. The number of aromatic nitrogens is 1. The van der Waals surface area contributed by atoms with Gasteiger partial charge in [-0.2, -0.15) is 0 Å². The molecule has 0 radical (unpaired) electrons. The first-order valence-electron chi connectivity index (χ1n) is 23.3. The molecule has 2 aliphatic heterocycles. The highest BCUT2D eigenvalue weighted by atomic mass is 16.3. The first kappa shape index (κ1) is 37.4. The van der Waals surface area contributed by atoms with Crippen molar-refractivity contribution in [2.45, 2.75) is 78.6 Å². The normalized spacial score (nSPS) is 14.9. The van der Waals surface area contributed by atoms with Crippen molar-refractivity contribution in [3.8, 4) is 27.9 Å². The minimum atomic E-state index is -0.183. The zero-order valence-electron chi connectivity index (χ0n) is 38.5. The van der Waals surface area contributed by atoms with Gasteiger partial charge in [-0.3, -0.25) is 0 Å². The van der Waals surface area contributed by atoms with Crippen LogP contribution in [0.2, 0.25) is 0 Å². The van der Waals surface area contributed by atoms with Gasteiger partial charge in [-0.05, 0) is 116 Å². The molecule has 1 aliphatic carbocycles. The molecule has 0 N–H and O–H groups in total. The van der Waals surface area contributed by atoms with E-state index in [1.165, 1.54) is 88.7 Å². The van der Waals surface area contributed by atoms with Crippen molar-refractivity contribution < 1.29 is 8.83 Å². The van der Waals surface area contributed by atoms with E-state index in [0.717, 1.165) is 55.1 Å². The van der Waals surface area contributed by atoms with E-state index >= 15 is 0 Å². The van der Waals surface area contributed by atoms with E-state index < -0.39 is 0 Å². The van der Waals surface area contributed by atoms with E-state index in [1.54, 1.807) is 0 Å². The number of para-hydroxylation sites is 2. The molecule has 5 heterocycles. The molecule has 3 aliphatic rings. The minimum absolute atomic E-state index is 0.0218. The number of hydrogen-bond donors (Lipinski definition) is 0. The van der Waals surface area contributed by atoms with Gasteiger partial charge < -0.3 is 18.2 Å². The average Bonchev–Trinajstić information content (AvgIpc) is 4.00. The third-order valence-corrected chi connectivity index (χ3v) is 15.6. The Kier molecular flexibility index (Phi) is 6.92. The third kappa shape index (κ3) is 4.78. The van der Waals surface area contributed by atoms with Gasteiger partial charge in [0.15, 0.2) is 0 Å². The van der Waals surface area contributed by atoms with Crippen molar-refractivity contribution >= 4 is 94.8 Å². The van der Waals surface area contributed by atoms with Crippen LogP contribution < -0.4 is 15.7 Å². The van der Waals surface area contributed by atoms with Crippen LogP contribution in [-0.4, -0.2) is 11.4 Å². The van der Waals surface area contributed by atoms with Crippen LogP contribution in [0.4, 0.5) is 11.4 Å². The molecule has 314 valence electrons. The Morgan fingerprint density at radius 1 is 0.508 bits per heavy atom. The third-order valence-electron chi connectivity index (χ3n) is 15.6. The summed E-state index contributed by atoms with van der Waals surface area (Å²) in [4.78, 5) is 2.69. The van der Waals surface area contributed by atoms with Crippen LogP contribution in [0, 0.1) is 6.92 Å². The lowest BCUT2D eigenvalue weighted by Crippen LogP contribution is -2.60. The Hall–Kier alpha value is -6.98. The molecular formula is C60H49BN2O2. The number of nitrogens with zero attached hydrogens (tertiary/aromatic N) is 2. The molecule has 0 unspecified atom stereocenters. The fourth-order valence-electron chi connectivity index (χ4n) is 12.2. The summed E-state index contributed by atoms with van der Waals surface area (Å²) in [6.45, 7) is 20.9. The Morgan fingerprint density at radius 3 is 1.83 bits per heavy atom. The van der Waals surface area contributed by atoms with Crippen molar-refractivity contribution in [1.29, 1.82) is 0 Å². The quantitative estimate of drug-likeness (QED) is 0.154. The molecule has 65 heavy (non-hydrogen) atoms. The lowest BCUT2D eigenvalue weighted by molar-refractivity contribution is 0.589. The summed E-state index contributed by atoms with van der Waals surface area (Å²) in [5, 5.41) is 7.09. The smallest absolute Gasteiger partial charge is 0.333 e. The van der Waals surface area contributed by atoms with Crippen LogP contribution in [0.3, 0.4) is 0 Å². The monoisotopic (exact) mass is 840 g/mol. The second-order valence-electron chi connectivity index (χ2n) is 21.8. The van der Waals surface area contributed by atoms with E-state index in [1.807, 2.05) is 0 Å². The summed E-state index contributed by atoms with van der Waals surface area (Å²) in [5.74, 6) is 0. The first-order chi connectivity index (χ1) is 31.1. The molecule has 8 aromatic carbocycles. The van der Waals surface area contributed by atoms with Crippen LogP contribution >= 0.6 is 0 Å². The maximum absolute atomic E-state index is 6.73. The summed E-state index contributed by atoms with van der Waals surface area (Å²) in [5.41, 5.74) is 24.1. The highest BCUT2D eigenvalue weighted by molar-refractivity contribution is 6.94. The molecule has 0 fully saturated rings. The number of hydrogen-bond acceptors (Lipinski definition) is 3. The van der Waals surface area contributed by atoms with Gasteiger partial charge in [-0.15, -0.1) is 0 Å². The molecule has 5 heteroatoms. The second kappa shape index (κ2) is 12.0. The van der Waals surface area contributed by atoms with Gasteiger partial charge in [0.05, 0.1) is 11.0 Å².